The highest BCUT2D eigenvalue weighted by Gasteiger charge is 2.36. The monoisotopic (exact) mass is 445 g/mol. The van der Waals surface area contributed by atoms with Gasteiger partial charge in [-0.2, -0.15) is 18.4 Å². The van der Waals surface area contributed by atoms with Crippen LogP contribution in [0.3, 0.4) is 0 Å². The number of nitriles is 1. The molecular weight excluding hydrogens is 430 g/mol. The Kier molecular flexibility index (Phi) is 6.61. The van der Waals surface area contributed by atoms with E-state index in [2.05, 4.69) is 10.3 Å². The number of carbonyl (C=O) groups is 1. The second kappa shape index (κ2) is 9.18. The third kappa shape index (κ3) is 5.61. The van der Waals surface area contributed by atoms with E-state index in [1.807, 2.05) is 13.0 Å². The van der Waals surface area contributed by atoms with Crippen LogP contribution < -0.4 is 5.32 Å². The summed E-state index contributed by atoms with van der Waals surface area (Å²) < 4.78 is 53.9. The number of thioether (sulfide) groups is 1. The fraction of sp³-hybridized carbons (Fsp3) is 0.136. The van der Waals surface area contributed by atoms with Gasteiger partial charge in [0.15, 0.2) is 0 Å². The Labute approximate surface area is 179 Å². The van der Waals surface area contributed by atoms with Crippen molar-refractivity contribution in [2.45, 2.75) is 18.1 Å². The normalized spacial score (nSPS) is 11.1. The minimum absolute atomic E-state index is 0.0760. The van der Waals surface area contributed by atoms with E-state index >= 15 is 0 Å². The lowest BCUT2D eigenvalue weighted by atomic mass is 10.1. The predicted octanol–water partition coefficient (Wildman–Crippen LogP) is 5.82. The lowest BCUT2D eigenvalue weighted by Crippen LogP contribution is -2.15. The van der Waals surface area contributed by atoms with Gasteiger partial charge in [-0.25, -0.2) is 9.37 Å². The molecule has 0 aliphatic heterocycles. The van der Waals surface area contributed by atoms with E-state index in [0.717, 1.165) is 35.5 Å². The number of anilines is 1. The van der Waals surface area contributed by atoms with Crippen LogP contribution in [0.2, 0.25) is 0 Å². The first-order valence-electron chi connectivity index (χ1n) is 8.95. The Morgan fingerprint density at radius 2 is 1.87 bits per heavy atom. The molecule has 0 spiro atoms. The van der Waals surface area contributed by atoms with Crippen molar-refractivity contribution in [3.63, 3.8) is 0 Å². The van der Waals surface area contributed by atoms with Gasteiger partial charge in [0.1, 0.15) is 16.9 Å². The Balaban J connectivity index is 1.92. The van der Waals surface area contributed by atoms with Gasteiger partial charge in [-0.1, -0.05) is 23.9 Å². The van der Waals surface area contributed by atoms with Crippen molar-refractivity contribution in [3.05, 3.63) is 77.1 Å². The number of pyridine rings is 1. The molecule has 0 aliphatic carbocycles. The number of nitrogens with one attached hydrogen (secondary N) is 1. The zero-order valence-electron chi connectivity index (χ0n) is 16.1. The number of amides is 1. The number of carbonyl (C=O) groups excluding carboxylic acids is 1. The molecule has 9 heteroatoms. The van der Waals surface area contributed by atoms with Crippen LogP contribution in [0.1, 0.15) is 16.7 Å². The summed E-state index contributed by atoms with van der Waals surface area (Å²) in [4.78, 5) is 16.4. The van der Waals surface area contributed by atoms with Gasteiger partial charge in [-0.05, 0) is 55.0 Å². The average Bonchev–Trinajstić information content (AvgIpc) is 2.71. The molecule has 3 aromatic rings. The zero-order valence-corrected chi connectivity index (χ0v) is 16.9. The molecule has 0 atom stereocenters. The van der Waals surface area contributed by atoms with Crippen LogP contribution in [-0.4, -0.2) is 16.6 Å². The number of aryl methyl sites for hydroxylation is 1. The van der Waals surface area contributed by atoms with Crippen molar-refractivity contribution >= 4 is 23.4 Å². The first kappa shape index (κ1) is 22.3. The SMILES string of the molecule is Cc1cccc(NC(=O)CSc2nc(-c3ccc(F)cc3)cc(C(F)(F)F)c2C#N)c1. The van der Waals surface area contributed by atoms with Crippen LogP contribution in [0.15, 0.2) is 59.6 Å². The van der Waals surface area contributed by atoms with Crippen LogP contribution >= 0.6 is 11.8 Å². The molecule has 1 N–H and O–H groups in total. The Morgan fingerprint density at radius 1 is 1.16 bits per heavy atom. The fourth-order valence-electron chi connectivity index (χ4n) is 2.78. The number of alkyl halides is 3. The maximum Gasteiger partial charge on any atom is 0.417 e. The number of hydrogen-bond donors (Lipinski definition) is 1. The van der Waals surface area contributed by atoms with E-state index < -0.39 is 29.0 Å². The minimum Gasteiger partial charge on any atom is -0.325 e. The minimum atomic E-state index is -4.80. The van der Waals surface area contributed by atoms with Crippen LogP contribution in [0.4, 0.5) is 23.2 Å². The van der Waals surface area contributed by atoms with E-state index in [9.17, 15) is 27.6 Å². The molecule has 1 heterocycles. The molecule has 0 fully saturated rings. The zero-order chi connectivity index (χ0) is 22.6. The van der Waals surface area contributed by atoms with Gasteiger partial charge in [0, 0.05) is 11.3 Å². The first-order valence-corrected chi connectivity index (χ1v) is 9.93. The first-order chi connectivity index (χ1) is 14.7. The van der Waals surface area contributed by atoms with Crippen molar-refractivity contribution in [1.29, 1.82) is 5.26 Å². The lowest BCUT2D eigenvalue weighted by Gasteiger charge is -2.14. The van der Waals surface area contributed by atoms with Gasteiger partial charge in [0.25, 0.3) is 0 Å². The number of rotatable bonds is 5. The molecule has 0 aliphatic rings. The van der Waals surface area contributed by atoms with Crippen LogP contribution in [0, 0.1) is 24.1 Å². The van der Waals surface area contributed by atoms with Crippen molar-refractivity contribution in [3.8, 4) is 17.3 Å². The quantitative estimate of drug-likeness (QED) is 0.397. The van der Waals surface area contributed by atoms with Crippen molar-refractivity contribution in [2.75, 3.05) is 11.1 Å². The molecule has 158 valence electrons. The molecule has 0 bridgehead atoms. The summed E-state index contributed by atoms with van der Waals surface area (Å²) in [6.45, 7) is 1.85. The smallest absolute Gasteiger partial charge is 0.325 e. The van der Waals surface area contributed by atoms with E-state index in [4.69, 9.17) is 0 Å². The lowest BCUT2D eigenvalue weighted by molar-refractivity contribution is -0.138. The molecule has 2 aromatic carbocycles. The molecule has 1 aromatic heterocycles. The van der Waals surface area contributed by atoms with Crippen LogP contribution in [0.25, 0.3) is 11.3 Å². The standard InChI is InChI=1S/C22H15F4N3OS/c1-13-3-2-4-16(9-13)28-20(30)12-31-21-17(11-27)18(22(24,25)26)10-19(29-21)14-5-7-15(23)8-6-14/h2-10H,12H2,1H3,(H,28,30). The van der Waals surface area contributed by atoms with Crippen LogP contribution in [-0.2, 0) is 11.0 Å². The van der Waals surface area contributed by atoms with E-state index in [1.54, 1.807) is 24.3 Å². The van der Waals surface area contributed by atoms with Crippen LogP contribution in [0.5, 0.6) is 0 Å². The summed E-state index contributed by atoms with van der Waals surface area (Å²) in [7, 11) is 0. The summed E-state index contributed by atoms with van der Waals surface area (Å²) in [5, 5.41) is 11.8. The highest BCUT2D eigenvalue weighted by Crippen LogP contribution is 2.38. The van der Waals surface area contributed by atoms with Gasteiger partial charge < -0.3 is 5.32 Å². The Bertz CT molecular complexity index is 1150. The van der Waals surface area contributed by atoms with Gasteiger partial charge >= 0.3 is 6.18 Å². The van der Waals surface area contributed by atoms with Gasteiger partial charge in [0.2, 0.25) is 5.91 Å². The van der Waals surface area contributed by atoms with Crippen molar-refractivity contribution in [2.24, 2.45) is 0 Å². The second-order valence-corrected chi connectivity index (χ2v) is 7.52. The molecule has 0 radical (unpaired) electrons. The fourth-order valence-corrected chi connectivity index (χ4v) is 3.58. The molecule has 4 nitrogen and oxygen atoms in total. The number of halogens is 4. The third-order valence-corrected chi connectivity index (χ3v) is 5.16. The molecule has 31 heavy (non-hydrogen) atoms. The van der Waals surface area contributed by atoms with Crippen molar-refractivity contribution < 1.29 is 22.4 Å². The molecule has 0 unspecified atom stereocenters. The Morgan fingerprint density at radius 3 is 2.48 bits per heavy atom. The molecule has 3 rings (SSSR count). The van der Waals surface area contributed by atoms with E-state index in [1.165, 1.54) is 12.1 Å². The maximum absolute atomic E-state index is 13.6. The summed E-state index contributed by atoms with van der Waals surface area (Å²) in [6, 6.07) is 14.1. The maximum atomic E-state index is 13.6. The molecule has 1 amide bonds. The van der Waals surface area contributed by atoms with Gasteiger partial charge in [0.05, 0.1) is 22.6 Å². The number of benzene rings is 2. The highest BCUT2D eigenvalue weighted by atomic mass is 32.2. The highest BCUT2D eigenvalue weighted by molar-refractivity contribution is 8.00. The second-order valence-electron chi connectivity index (χ2n) is 6.56. The summed E-state index contributed by atoms with van der Waals surface area (Å²) in [5.41, 5.74) is -0.163. The summed E-state index contributed by atoms with van der Waals surface area (Å²) in [6.07, 6.45) is -4.80. The number of hydrogen-bond acceptors (Lipinski definition) is 4. The summed E-state index contributed by atoms with van der Waals surface area (Å²) in [5.74, 6) is -1.25. The van der Waals surface area contributed by atoms with Gasteiger partial charge in [-0.3, -0.25) is 4.79 Å². The predicted molar refractivity (Wildman–Crippen MR) is 110 cm³/mol. The molecular formula is C22H15F4N3OS. The van der Waals surface area contributed by atoms with Gasteiger partial charge in [-0.15, -0.1) is 0 Å². The average molecular weight is 445 g/mol. The van der Waals surface area contributed by atoms with E-state index in [0.29, 0.717) is 5.69 Å². The topological polar surface area (TPSA) is 65.8 Å². The van der Waals surface area contributed by atoms with Crippen molar-refractivity contribution in [1.82, 2.24) is 4.98 Å². The number of nitrogens with zero attached hydrogens (tertiary/aromatic N) is 2. The molecule has 0 saturated heterocycles. The largest absolute Gasteiger partial charge is 0.417 e. The molecule has 0 saturated carbocycles. The van der Waals surface area contributed by atoms with E-state index in [-0.39, 0.29) is 22.0 Å². The third-order valence-electron chi connectivity index (χ3n) is 4.19. The number of aromatic nitrogens is 1. The summed E-state index contributed by atoms with van der Waals surface area (Å²) >= 11 is 0.726. The Hall–Kier alpha value is -3.38.